The van der Waals surface area contributed by atoms with Gasteiger partial charge in [0.1, 0.15) is 6.04 Å². The first kappa shape index (κ1) is 17.8. The molecule has 122 valence electrons. The van der Waals surface area contributed by atoms with Crippen molar-refractivity contribution >= 4 is 12.0 Å². The van der Waals surface area contributed by atoms with Gasteiger partial charge in [0.15, 0.2) is 0 Å². The minimum Gasteiger partial charge on any atom is -0.480 e. The highest BCUT2D eigenvalue weighted by molar-refractivity contribution is 5.83. The molecular weight excluding hydrogens is 268 g/mol. The second-order valence-corrected chi connectivity index (χ2v) is 7.45. The normalized spacial score (nSPS) is 24.2. The van der Waals surface area contributed by atoms with Gasteiger partial charge < -0.3 is 15.7 Å². The monoisotopic (exact) mass is 298 g/mol. The van der Waals surface area contributed by atoms with E-state index in [9.17, 15) is 9.59 Å². The summed E-state index contributed by atoms with van der Waals surface area (Å²) in [5.74, 6) is 0.527. The van der Waals surface area contributed by atoms with Gasteiger partial charge in [0.05, 0.1) is 0 Å². The van der Waals surface area contributed by atoms with E-state index in [0.717, 1.165) is 12.3 Å². The molecule has 1 aliphatic carbocycles. The van der Waals surface area contributed by atoms with E-state index in [4.69, 9.17) is 5.11 Å². The first-order valence-electron chi connectivity index (χ1n) is 7.97. The summed E-state index contributed by atoms with van der Waals surface area (Å²) in [6, 6.07) is -1.27. The predicted octanol–water partition coefficient (Wildman–Crippen LogP) is 3.00. The molecule has 0 aromatic carbocycles. The molecule has 21 heavy (non-hydrogen) atoms. The summed E-state index contributed by atoms with van der Waals surface area (Å²) in [7, 11) is 0. The Morgan fingerprint density at radius 1 is 1.19 bits per heavy atom. The van der Waals surface area contributed by atoms with E-state index in [1.165, 1.54) is 25.7 Å². The Morgan fingerprint density at radius 2 is 1.76 bits per heavy atom. The summed E-state index contributed by atoms with van der Waals surface area (Å²) < 4.78 is 0. The van der Waals surface area contributed by atoms with E-state index in [-0.39, 0.29) is 6.03 Å². The number of aliphatic carboxylic acids is 1. The molecule has 0 bridgehead atoms. The minimum absolute atomic E-state index is 0.387. The predicted molar refractivity (Wildman–Crippen MR) is 83.2 cm³/mol. The third-order valence-electron chi connectivity index (χ3n) is 4.36. The van der Waals surface area contributed by atoms with Gasteiger partial charge in [-0.2, -0.15) is 0 Å². The zero-order chi connectivity index (χ0) is 16.0. The summed E-state index contributed by atoms with van der Waals surface area (Å²) in [4.78, 5) is 23.0. The van der Waals surface area contributed by atoms with E-state index in [1.807, 2.05) is 0 Å². The van der Waals surface area contributed by atoms with Crippen molar-refractivity contribution in [1.82, 2.24) is 10.6 Å². The maximum Gasteiger partial charge on any atom is 0.326 e. The number of carbonyl (C=O) groups is 2. The second kappa shape index (κ2) is 7.66. The highest BCUT2D eigenvalue weighted by atomic mass is 16.4. The van der Waals surface area contributed by atoms with Crippen LogP contribution in [-0.4, -0.2) is 29.7 Å². The fraction of sp³-hybridized carbons (Fsp3) is 0.875. The number of carboxylic acid groups (broad SMARTS) is 1. The molecule has 0 heterocycles. The Balaban J connectivity index is 2.28. The molecule has 0 aliphatic heterocycles. The number of nitrogens with one attached hydrogen (secondary N) is 2. The maximum absolute atomic E-state index is 11.8. The molecule has 0 spiro atoms. The van der Waals surface area contributed by atoms with Crippen LogP contribution in [0.5, 0.6) is 0 Å². The van der Waals surface area contributed by atoms with Crippen LogP contribution >= 0.6 is 0 Å². The molecule has 0 aromatic rings. The number of carboxylic acids is 1. The number of urea groups is 1. The SMILES string of the molecule is CC1CCC(CCNC(=O)N[C@H](C(=O)O)C(C)(C)C)CC1. The van der Waals surface area contributed by atoms with Crippen LogP contribution in [0.4, 0.5) is 4.79 Å². The summed E-state index contributed by atoms with van der Waals surface area (Å²) in [5.41, 5.74) is -0.511. The summed E-state index contributed by atoms with van der Waals surface area (Å²) >= 11 is 0. The molecule has 1 saturated carbocycles. The van der Waals surface area contributed by atoms with Crippen molar-refractivity contribution in [2.75, 3.05) is 6.54 Å². The van der Waals surface area contributed by atoms with Crippen molar-refractivity contribution in [3.05, 3.63) is 0 Å². The molecule has 0 saturated heterocycles. The lowest BCUT2D eigenvalue weighted by atomic mass is 9.81. The number of amides is 2. The van der Waals surface area contributed by atoms with Gasteiger partial charge in [-0.15, -0.1) is 0 Å². The third kappa shape index (κ3) is 6.36. The van der Waals surface area contributed by atoms with Crippen LogP contribution in [0.1, 0.15) is 59.8 Å². The zero-order valence-corrected chi connectivity index (χ0v) is 13.7. The number of hydrogen-bond donors (Lipinski definition) is 3. The van der Waals surface area contributed by atoms with Gasteiger partial charge in [-0.05, 0) is 23.7 Å². The van der Waals surface area contributed by atoms with Crippen LogP contribution in [0.25, 0.3) is 0 Å². The summed E-state index contributed by atoms with van der Waals surface area (Å²) in [6.07, 6.45) is 6.02. The Bertz CT molecular complexity index is 355. The molecule has 1 rings (SSSR count). The summed E-state index contributed by atoms with van der Waals surface area (Å²) in [5, 5.41) is 14.5. The average molecular weight is 298 g/mol. The van der Waals surface area contributed by atoms with Gasteiger partial charge in [-0.25, -0.2) is 9.59 Å². The van der Waals surface area contributed by atoms with Crippen molar-refractivity contribution in [2.24, 2.45) is 17.3 Å². The van der Waals surface area contributed by atoms with Crippen molar-refractivity contribution in [3.63, 3.8) is 0 Å². The quantitative estimate of drug-likeness (QED) is 0.730. The van der Waals surface area contributed by atoms with Crippen molar-refractivity contribution < 1.29 is 14.7 Å². The van der Waals surface area contributed by atoms with Gasteiger partial charge in [-0.3, -0.25) is 0 Å². The fourth-order valence-electron chi connectivity index (χ4n) is 2.84. The van der Waals surface area contributed by atoms with E-state index >= 15 is 0 Å². The minimum atomic E-state index is -1.00. The van der Waals surface area contributed by atoms with Crippen LogP contribution in [0.15, 0.2) is 0 Å². The first-order valence-corrected chi connectivity index (χ1v) is 7.97. The highest BCUT2D eigenvalue weighted by Gasteiger charge is 2.32. The second-order valence-electron chi connectivity index (χ2n) is 7.45. The van der Waals surface area contributed by atoms with Crippen LogP contribution in [-0.2, 0) is 4.79 Å². The molecule has 0 radical (unpaired) electrons. The maximum atomic E-state index is 11.8. The van der Waals surface area contributed by atoms with Gasteiger partial charge in [0.25, 0.3) is 0 Å². The fourth-order valence-corrected chi connectivity index (χ4v) is 2.84. The lowest BCUT2D eigenvalue weighted by Gasteiger charge is -2.28. The Hall–Kier alpha value is -1.26. The van der Waals surface area contributed by atoms with Crippen LogP contribution in [0.2, 0.25) is 0 Å². The topological polar surface area (TPSA) is 78.4 Å². The zero-order valence-electron chi connectivity index (χ0n) is 13.7. The highest BCUT2D eigenvalue weighted by Crippen LogP contribution is 2.29. The molecule has 2 amide bonds. The van der Waals surface area contributed by atoms with Gasteiger partial charge in [0, 0.05) is 6.54 Å². The molecule has 1 fully saturated rings. The molecule has 0 unspecified atom stereocenters. The third-order valence-corrected chi connectivity index (χ3v) is 4.36. The lowest BCUT2D eigenvalue weighted by molar-refractivity contribution is -0.141. The Morgan fingerprint density at radius 3 is 2.24 bits per heavy atom. The first-order chi connectivity index (χ1) is 9.70. The van der Waals surface area contributed by atoms with E-state index in [1.54, 1.807) is 20.8 Å². The molecular formula is C16H30N2O3. The van der Waals surface area contributed by atoms with Crippen molar-refractivity contribution in [1.29, 1.82) is 0 Å². The van der Waals surface area contributed by atoms with E-state index in [0.29, 0.717) is 12.5 Å². The largest absolute Gasteiger partial charge is 0.480 e. The van der Waals surface area contributed by atoms with Crippen LogP contribution < -0.4 is 10.6 Å². The van der Waals surface area contributed by atoms with Crippen molar-refractivity contribution in [3.8, 4) is 0 Å². The molecule has 3 N–H and O–H groups in total. The average Bonchev–Trinajstić information content (AvgIpc) is 2.36. The molecule has 5 heteroatoms. The van der Waals surface area contributed by atoms with E-state index < -0.39 is 17.4 Å². The molecule has 1 aliphatic rings. The van der Waals surface area contributed by atoms with Crippen LogP contribution in [0.3, 0.4) is 0 Å². The van der Waals surface area contributed by atoms with Crippen LogP contribution in [0, 0.1) is 17.3 Å². The van der Waals surface area contributed by atoms with Gasteiger partial charge >= 0.3 is 12.0 Å². The number of rotatable bonds is 5. The lowest BCUT2D eigenvalue weighted by Crippen LogP contribution is -2.52. The summed E-state index contributed by atoms with van der Waals surface area (Å²) in [6.45, 7) is 8.31. The number of carbonyl (C=O) groups excluding carboxylic acids is 1. The van der Waals surface area contributed by atoms with Gasteiger partial charge in [0.2, 0.25) is 0 Å². The van der Waals surface area contributed by atoms with E-state index in [2.05, 4.69) is 17.6 Å². The number of hydrogen-bond acceptors (Lipinski definition) is 2. The van der Waals surface area contributed by atoms with Crippen molar-refractivity contribution in [2.45, 2.75) is 65.8 Å². The molecule has 0 aromatic heterocycles. The molecule has 1 atom stereocenters. The van der Waals surface area contributed by atoms with Gasteiger partial charge in [-0.1, -0.05) is 53.4 Å². The molecule has 5 nitrogen and oxygen atoms in total. The Labute approximate surface area is 127 Å². The Kier molecular flexibility index (Phi) is 6.49. The standard InChI is InChI=1S/C16H30N2O3/c1-11-5-7-12(8-6-11)9-10-17-15(21)18-13(14(19)20)16(2,3)4/h11-13H,5-10H2,1-4H3,(H,19,20)(H2,17,18,21)/t11?,12?,13-/m1/s1. The smallest absolute Gasteiger partial charge is 0.326 e.